The average molecular weight is 653 g/mol. The molecule has 0 spiro atoms. The summed E-state index contributed by atoms with van der Waals surface area (Å²) in [7, 11) is 0. The molecule has 5 nitrogen and oxygen atoms in total. The van der Waals surface area contributed by atoms with E-state index in [9.17, 15) is 9.59 Å². The van der Waals surface area contributed by atoms with Gasteiger partial charge in [0, 0.05) is 0 Å². The minimum atomic E-state index is -0.323. The van der Waals surface area contributed by atoms with E-state index in [2.05, 4.69) is 56.1 Å². The lowest BCUT2D eigenvalue weighted by Crippen LogP contribution is -2.32. The summed E-state index contributed by atoms with van der Waals surface area (Å²) in [6.45, 7) is 2.82. The number of nitrogens with zero attached hydrogens (tertiary/aromatic N) is 1. The predicted molar refractivity (Wildman–Crippen MR) is 159 cm³/mol. The van der Waals surface area contributed by atoms with Crippen LogP contribution in [0.15, 0.2) is 92.7 Å². The zero-order valence-electron chi connectivity index (χ0n) is 20.4. The molecule has 4 aromatic carbocycles. The van der Waals surface area contributed by atoms with Gasteiger partial charge in [-0.25, -0.2) is 0 Å². The summed E-state index contributed by atoms with van der Waals surface area (Å²) >= 11 is 8.13. The van der Waals surface area contributed by atoms with Gasteiger partial charge in [-0.3, -0.25) is 14.5 Å². The minimum absolute atomic E-state index is 0.185. The number of carbonyl (C=O) groups excluding carboxylic acids is 2. The van der Waals surface area contributed by atoms with Crippen molar-refractivity contribution >= 4 is 71.6 Å². The monoisotopic (exact) mass is 651 g/mol. The molecule has 1 fully saturated rings. The summed E-state index contributed by atoms with van der Waals surface area (Å²) in [5.41, 5.74) is 2.99. The molecule has 192 valence electrons. The van der Waals surface area contributed by atoms with Crippen molar-refractivity contribution in [2.45, 2.75) is 13.5 Å². The molecule has 8 heteroatoms. The number of imide groups is 1. The Bertz CT molecular complexity index is 1520. The van der Waals surface area contributed by atoms with Gasteiger partial charge >= 0.3 is 0 Å². The number of ether oxygens (including phenoxy) is 2. The van der Waals surface area contributed by atoms with Crippen LogP contribution in [-0.2, 0) is 11.4 Å². The number of rotatable bonds is 8. The third-order valence-electron chi connectivity index (χ3n) is 6.05. The zero-order chi connectivity index (χ0) is 26.6. The maximum Gasteiger partial charge on any atom is 0.293 e. The van der Waals surface area contributed by atoms with Crippen molar-refractivity contribution in [1.29, 1.82) is 0 Å². The molecule has 0 N–H and O–H groups in total. The number of fused-ring (bicyclic) bond motifs is 1. The quantitative estimate of drug-likeness (QED) is 0.179. The smallest absolute Gasteiger partial charge is 0.293 e. The Hall–Kier alpha value is -3.07. The predicted octanol–water partition coefficient (Wildman–Crippen LogP) is 8.37. The fraction of sp³-hybridized carbons (Fsp3) is 0.133. The highest BCUT2D eigenvalue weighted by Crippen LogP contribution is 2.38. The van der Waals surface area contributed by atoms with Crippen LogP contribution in [0.25, 0.3) is 16.8 Å². The number of thioether (sulfide) groups is 1. The number of aryl methyl sites for hydroxylation is 1. The second-order valence-electron chi connectivity index (χ2n) is 8.74. The number of hydrogen-bond acceptors (Lipinski definition) is 5. The van der Waals surface area contributed by atoms with Gasteiger partial charge in [-0.05, 0) is 103 Å². The molecule has 0 atom stereocenters. The van der Waals surface area contributed by atoms with E-state index < -0.39 is 0 Å². The SMILES string of the molecule is Cc1ccc(OCCN2C(=O)S/C(=C\c3cc(Br)c(OCc4cccc5ccccc45)c(Br)c3)C2=O)cc1. The van der Waals surface area contributed by atoms with Crippen LogP contribution >= 0.6 is 43.6 Å². The molecule has 38 heavy (non-hydrogen) atoms. The second-order valence-corrected chi connectivity index (χ2v) is 11.4. The first-order valence-corrected chi connectivity index (χ1v) is 14.3. The van der Waals surface area contributed by atoms with Crippen LogP contribution in [0.1, 0.15) is 16.7 Å². The first-order valence-electron chi connectivity index (χ1n) is 11.9. The Morgan fingerprint density at radius 1 is 0.895 bits per heavy atom. The van der Waals surface area contributed by atoms with Crippen LogP contribution in [0, 0.1) is 6.92 Å². The Morgan fingerprint density at radius 3 is 2.37 bits per heavy atom. The highest BCUT2D eigenvalue weighted by atomic mass is 79.9. The molecular formula is C30H23Br2NO4S. The molecule has 0 saturated carbocycles. The van der Waals surface area contributed by atoms with Crippen molar-refractivity contribution in [3.8, 4) is 11.5 Å². The Labute approximate surface area is 242 Å². The van der Waals surface area contributed by atoms with E-state index in [1.165, 1.54) is 4.90 Å². The first-order chi connectivity index (χ1) is 18.4. The van der Waals surface area contributed by atoms with Crippen molar-refractivity contribution in [2.75, 3.05) is 13.2 Å². The highest BCUT2D eigenvalue weighted by molar-refractivity contribution is 9.11. The summed E-state index contributed by atoms with van der Waals surface area (Å²) in [4.78, 5) is 27.0. The number of hydrogen-bond donors (Lipinski definition) is 0. The molecule has 0 aromatic heterocycles. The lowest BCUT2D eigenvalue weighted by atomic mass is 10.1. The van der Waals surface area contributed by atoms with Gasteiger partial charge < -0.3 is 9.47 Å². The van der Waals surface area contributed by atoms with E-state index in [0.717, 1.165) is 48.2 Å². The van der Waals surface area contributed by atoms with Gasteiger partial charge in [-0.1, -0.05) is 60.2 Å². The van der Waals surface area contributed by atoms with E-state index in [0.29, 0.717) is 23.0 Å². The minimum Gasteiger partial charge on any atom is -0.492 e. The summed E-state index contributed by atoms with van der Waals surface area (Å²) in [5.74, 6) is 1.04. The van der Waals surface area contributed by atoms with Gasteiger partial charge in [0.15, 0.2) is 0 Å². The van der Waals surface area contributed by atoms with Gasteiger partial charge in [0.2, 0.25) is 0 Å². The number of benzene rings is 4. The Kier molecular flexibility index (Phi) is 8.21. The van der Waals surface area contributed by atoms with Crippen molar-refractivity contribution in [3.05, 3.63) is 109 Å². The topological polar surface area (TPSA) is 55.8 Å². The summed E-state index contributed by atoms with van der Waals surface area (Å²) < 4.78 is 13.3. The molecule has 0 bridgehead atoms. The van der Waals surface area contributed by atoms with E-state index >= 15 is 0 Å². The van der Waals surface area contributed by atoms with Crippen molar-refractivity contribution in [3.63, 3.8) is 0 Å². The average Bonchev–Trinajstić information content (AvgIpc) is 3.16. The molecule has 1 saturated heterocycles. The normalized spacial score (nSPS) is 14.5. The molecule has 0 unspecified atom stereocenters. The van der Waals surface area contributed by atoms with Crippen LogP contribution in [-0.4, -0.2) is 29.2 Å². The van der Waals surface area contributed by atoms with E-state index in [-0.39, 0.29) is 24.3 Å². The van der Waals surface area contributed by atoms with Crippen LogP contribution < -0.4 is 9.47 Å². The van der Waals surface area contributed by atoms with Crippen LogP contribution in [0.3, 0.4) is 0 Å². The molecule has 1 aliphatic rings. The van der Waals surface area contributed by atoms with Crippen molar-refractivity contribution in [1.82, 2.24) is 4.90 Å². The Morgan fingerprint density at radius 2 is 1.61 bits per heavy atom. The number of amides is 2. The summed E-state index contributed by atoms with van der Waals surface area (Å²) in [5, 5.41) is 2.01. The molecule has 5 rings (SSSR count). The standard InChI is InChI=1S/C30H23Br2NO4S/c1-19-9-11-23(12-10-19)36-14-13-33-29(34)27(38-30(33)35)17-20-15-25(31)28(26(32)16-20)37-18-22-7-4-6-21-5-2-3-8-24(21)22/h2-12,15-17H,13-14,18H2,1H3/b27-17-. The molecule has 0 aliphatic carbocycles. The molecule has 1 aliphatic heterocycles. The van der Waals surface area contributed by atoms with Crippen LogP contribution in [0.5, 0.6) is 11.5 Å². The van der Waals surface area contributed by atoms with Gasteiger partial charge in [-0.2, -0.15) is 0 Å². The fourth-order valence-corrected chi connectivity index (χ4v) is 6.42. The fourth-order valence-electron chi connectivity index (χ4n) is 4.10. The third-order valence-corrected chi connectivity index (χ3v) is 8.13. The number of carbonyl (C=O) groups is 2. The third kappa shape index (κ3) is 5.98. The van der Waals surface area contributed by atoms with E-state index in [4.69, 9.17) is 9.47 Å². The highest BCUT2D eigenvalue weighted by Gasteiger charge is 2.34. The van der Waals surface area contributed by atoms with E-state index in [1.807, 2.05) is 61.5 Å². The largest absolute Gasteiger partial charge is 0.492 e. The Balaban J connectivity index is 1.25. The van der Waals surface area contributed by atoms with Gasteiger partial charge in [0.05, 0.1) is 20.4 Å². The van der Waals surface area contributed by atoms with Crippen LogP contribution in [0.4, 0.5) is 4.79 Å². The van der Waals surface area contributed by atoms with Gasteiger partial charge in [0.25, 0.3) is 11.1 Å². The van der Waals surface area contributed by atoms with Crippen LogP contribution in [0.2, 0.25) is 0 Å². The molecule has 4 aromatic rings. The molecule has 0 radical (unpaired) electrons. The van der Waals surface area contributed by atoms with Gasteiger partial charge in [-0.15, -0.1) is 0 Å². The molecular weight excluding hydrogens is 630 g/mol. The molecule has 1 heterocycles. The summed E-state index contributed by atoms with van der Waals surface area (Å²) in [6, 6.07) is 25.8. The van der Waals surface area contributed by atoms with Gasteiger partial charge in [0.1, 0.15) is 24.7 Å². The maximum atomic E-state index is 12.9. The number of halogens is 2. The second kappa shape index (κ2) is 11.8. The summed E-state index contributed by atoms with van der Waals surface area (Å²) in [6.07, 6.45) is 1.72. The lowest BCUT2D eigenvalue weighted by molar-refractivity contribution is -0.123. The first kappa shape index (κ1) is 26.5. The zero-order valence-corrected chi connectivity index (χ0v) is 24.4. The molecule has 2 amide bonds. The van der Waals surface area contributed by atoms with Crippen molar-refractivity contribution < 1.29 is 19.1 Å². The maximum absolute atomic E-state index is 12.9. The van der Waals surface area contributed by atoms with E-state index in [1.54, 1.807) is 6.08 Å². The van der Waals surface area contributed by atoms with Crippen molar-refractivity contribution in [2.24, 2.45) is 0 Å². The lowest BCUT2D eigenvalue weighted by Gasteiger charge is -2.14.